The maximum absolute atomic E-state index is 11.9. The first-order valence-electron chi connectivity index (χ1n) is 7.75. The van der Waals surface area contributed by atoms with Crippen LogP contribution in [0.5, 0.6) is 5.88 Å². The van der Waals surface area contributed by atoms with Gasteiger partial charge < -0.3 is 15.0 Å². The minimum atomic E-state index is 0.101. The van der Waals surface area contributed by atoms with Crippen molar-refractivity contribution >= 4 is 11.7 Å². The van der Waals surface area contributed by atoms with Crippen LogP contribution in [0.3, 0.4) is 0 Å². The van der Waals surface area contributed by atoms with Gasteiger partial charge in [-0.05, 0) is 13.3 Å². The molecule has 122 valence electrons. The summed E-state index contributed by atoms with van der Waals surface area (Å²) < 4.78 is 5.10. The number of aromatic nitrogens is 2. The van der Waals surface area contributed by atoms with Crippen LogP contribution in [0.15, 0.2) is 12.4 Å². The number of nitrogens with one attached hydrogen (secondary N) is 1. The van der Waals surface area contributed by atoms with Crippen LogP contribution in [0.2, 0.25) is 0 Å². The molecule has 0 aliphatic carbocycles. The number of nitrogens with zero attached hydrogens (tertiary/aromatic N) is 4. The molecule has 1 aromatic rings. The zero-order chi connectivity index (χ0) is 15.9. The SMILES string of the molecule is CC[C@H](C)NC(=O)CN1CCN(c2cncc(OC)n2)CC1. The summed E-state index contributed by atoms with van der Waals surface area (Å²) >= 11 is 0. The summed E-state index contributed by atoms with van der Waals surface area (Å²) in [5.41, 5.74) is 0. The lowest BCUT2D eigenvalue weighted by atomic mass is 10.2. The Kier molecular flexibility index (Phi) is 5.94. The Bertz CT molecular complexity index is 489. The van der Waals surface area contributed by atoms with E-state index in [0.717, 1.165) is 38.4 Å². The second kappa shape index (κ2) is 7.93. The molecule has 1 atom stereocenters. The number of hydrogen-bond acceptors (Lipinski definition) is 6. The van der Waals surface area contributed by atoms with E-state index in [4.69, 9.17) is 4.74 Å². The van der Waals surface area contributed by atoms with Crippen LogP contribution < -0.4 is 15.0 Å². The van der Waals surface area contributed by atoms with Gasteiger partial charge in [-0.15, -0.1) is 0 Å². The molecule has 0 radical (unpaired) electrons. The second-order valence-corrected chi connectivity index (χ2v) is 5.56. The summed E-state index contributed by atoms with van der Waals surface area (Å²) in [6.07, 6.45) is 4.29. The van der Waals surface area contributed by atoms with Crippen molar-refractivity contribution in [3.8, 4) is 5.88 Å². The molecule has 0 bridgehead atoms. The summed E-state index contributed by atoms with van der Waals surface area (Å²) in [7, 11) is 1.58. The summed E-state index contributed by atoms with van der Waals surface area (Å²) in [4.78, 5) is 24.8. The molecule has 1 aliphatic rings. The molecule has 0 unspecified atom stereocenters. The van der Waals surface area contributed by atoms with Crippen molar-refractivity contribution in [2.24, 2.45) is 0 Å². The Morgan fingerprint density at radius 1 is 1.36 bits per heavy atom. The minimum absolute atomic E-state index is 0.101. The van der Waals surface area contributed by atoms with Gasteiger partial charge in [0.05, 0.1) is 26.0 Å². The Labute approximate surface area is 131 Å². The average molecular weight is 307 g/mol. The number of piperazine rings is 1. The number of anilines is 1. The number of ether oxygens (including phenoxy) is 1. The third kappa shape index (κ3) is 4.56. The van der Waals surface area contributed by atoms with Gasteiger partial charge in [-0.2, -0.15) is 4.98 Å². The predicted molar refractivity (Wildman–Crippen MR) is 85.1 cm³/mol. The van der Waals surface area contributed by atoms with Crippen molar-refractivity contribution in [1.29, 1.82) is 0 Å². The molecular weight excluding hydrogens is 282 g/mol. The fourth-order valence-corrected chi connectivity index (χ4v) is 2.35. The van der Waals surface area contributed by atoms with E-state index >= 15 is 0 Å². The topological polar surface area (TPSA) is 70.6 Å². The molecular formula is C15H25N5O2. The van der Waals surface area contributed by atoms with Crippen molar-refractivity contribution < 1.29 is 9.53 Å². The Hall–Kier alpha value is -1.89. The largest absolute Gasteiger partial charge is 0.480 e. The molecule has 0 aromatic carbocycles. The highest BCUT2D eigenvalue weighted by Gasteiger charge is 2.20. The zero-order valence-electron chi connectivity index (χ0n) is 13.6. The summed E-state index contributed by atoms with van der Waals surface area (Å²) in [6, 6.07) is 0.237. The average Bonchev–Trinajstić information content (AvgIpc) is 2.55. The molecule has 2 heterocycles. The molecule has 1 amide bonds. The Morgan fingerprint density at radius 2 is 2.09 bits per heavy atom. The van der Waals surface area contributed by atoms with E-state index in [9.17, 15) is 4.79 Å². The number of hydrogen-bond donors (Lipinski definition) is 1. The molecule has 1 fully saturated rings. The minimum Gasteiger partial charge on any atom is -0.480 e. The maximum Gasteiger partial charge on any atom is 0.234 e. The Balaban J connectivity index is 1.81. The standard InChI is InChI=1S/C15H25N5O2/c1-4-12(2)17-14(21)11-19-5-7-20(8-6-19)13-9-16-10-15(18-13)22-3/h9-10,12H,4-8,11H2,1-3H3,(H,17,21)/t12-/m0/s1. The third-order valence-corrected chi connectivity index (χ3v) is 3.89. The van der Waals surface area contributed by atoms with Crippen molar-refractivity contribution in [3.05, 3.63) is 12.4 Å². The van der Waals surface area contributed by atoms with Crippen LogP contribution in [0.1, 0.15) is 20.3 Å². The number of amides is 1. The van der Waals surface area contributed by atoms with Crippen molar-refractivity contribution in [2.75, 3.05) is 44.7 Å². The highest BCUT2D eigenvalue weighted by Crippen LogP contribution is 2.15. The second-order valence-electron chi connectivity index (χ2n) is 5.56. The molecule has 1 N–H and O–H groups in total. The maximum atomic E-state index is 11.9. The van der Waals surface area contributed by atoms with Crippen molar-refractivity contribution in [3.63, 3.8) is 0 Å². The molecule has 22 heavy (non-hydrogen) atoms. The highest BCUT2D eigenvalue weighted by molar-refractivity contribution is 5.78. The van der Waals surface area contributed by atoms with Crippen molar-refractivity contribution in [1.82, 2.24) is 20.2 Å². The fraction of sp³-hybridized carbons (Fsp3) is 0.667. The monoisotopic (exact) mass is 307 g/mol. The zero-order valence-corrected chi connectivity index (χ0v) is 13.6. The fourth-order valence-electron chi connectivity index (χ4n) is 2.35. The molecule has 1 aliphatic heterocycles. The Morgan fingerprint density at radius 3 is 2.73 bits per heavy atom. The lowest BCUT2D eigenvalue weighted by Crippen LogP contribution is -2.50. The van der Waals surface area contributed by atoms with Gasteiger partial charge in [-0.3, -0.25) is 14.7 Å². The van der Waals surface area contributed by atoms with Gasteiger partial charge in [0.15, 0.2) is 5.82 Å². The van der Waals surface area contributed by atoms with Gasteiger partial charge in [-0.25, -0.2) is 0 Å². The van der Waals surface area contributed by atoms with Gasteiger partial charge in [-0.1, -0.05) is 6.92 Å². The van der Waals surface area contributed by atoms with Crippen LogP contribution in [0.25, 0.3) is 0 Å². The number of carbonyl (C=O) groups excluding carboxylic acids is 1. The van der Waals surface area contributed by atoms with Crippen LogP contribution >= 0.6 is 0 Å². The van der Waals surface area contributed by atoms with Crippen LogP contribution in [-0.4, -0.2) is 66.7 Å². The number of methoxy groups -OCH3 is 1. The van der Waals surface area contributed by atoms with Crippen molar-refractivity contribution in [2.45, 2.75) is 26.3 Å². The van der Waals surface area contributed by atoms with E-state index < -0.39 is 0 Å². The van der Waals surface area contributed by atoms with Gasteiger partial charge in [0.25, 0.3) is 0 Å². The van der Waals surface area contributed by atoms with E-state index in [2.05, 4.69) is 32.0 Å². The van der Waals surface area contributed by atoms with E-state index in [0.29, 0.717) is 12.4 Å². The van der Waals surface area contributed by atoms with Gasteiger partial charge >= 0.3 is 0 Å². The number of rotatable bonds is 6. The predicted octanol–water partition coefficient (Wildman–Crippen LogP) is 0.522. The molecule has 1 aromatic heterocycles. The van der Waals surface area contributed by atoms with Crippen LogP contribution in [0, 0.1) is 0 Å². The quantitative estimate of drug-likeness (QED) is 0.826. The van der Waals surface area contributed by atoms with E-state index in [1.165, 1.54) is 0 Å². The molecule has 0 spiro atoms. The van der Waals surface area contributed by atoms with Crippen LogP contribution in [-0.2, 0) is 4.79 Å². The lowest BCUT2D eigenvalue weighted by Gasteiger charge is -2.35. The van der Waals surface area contributed by atoms with E-state index in [1.807, 2.05) is 6.92 Å². The highest BCUT2D eigenvalue weighted by atomic mass is 16.5. The normalized spacial score (nSPS) is 17.1. The van der Waals surface area contributed by atoms with E-state index in [-0.39, 0.29) is 11.9 Å². The number of carbonyl (C=O) groups is 1. The molecule has 7 nitrogen and oxygen atoms in total. The molecule has 2 rings (SSSR count). The first kappa shape index (κ1) is 16.5. The van der Waals surface area contributed by atoms with Crippen LogP contribution in [0.4, 0.5) is 5.82 Å². The van der Waals surface area contributed by atoms with Gasteiger partial charge in [0.2, 0.25) is 11.8 Å². The smallest absolute Gasteiger partial charge is 0.234 e. The third-order valence-electron chi connectivity index (χ3n) is 3.89. The molecule has 7 heteroatoms. The molecule has 0 saturated carbocycles. The summed E-state index contributed by atoms with van der Waals surface area (Å²) in [5.74, 6) is 1.44. The summed E-state index contributed by atoms with van der Waals surface area (Å²) in [5, 5.41) is 3.00. The summed E-state index contributed by atoms with van der Waals surface area (Å²) in [6.45, 7) is 7.90. The lowest BCUT2D eigenvalue weighted by molar-refractivity contribution is -0.122. The van der Waals surface area contributed by atoms with E-state index in [1.54, 1.807) is 19.5 Å². The first-order chi connectivity index (χ1) is 10.6. The van der Waals surface area contributed by atoms with Gasteiger partial charge in [0, 0.05) is 32.2 Å². The first-order valence-corrected chi connectivity index (χ1v) is 7.75. The molecule has 1 saturated heterocycles. The van der Waals surface area contributed by atoms with Gasteiger partial charge in [0.1, 0.15) is 0 Å².